The molecule has 166 valence electrons. The van der Waals surface area contributed by atoms with Gasteiger partial charge in [0.25, 0.3) is 5.69 Å². The number of carbonyl (C=O) groups is 2. The molecule has 0 saturated heterocycles. The fraction of sp³-hybridized carbons (Fsp3) is 0.364. The lowest BCUT2D eigenvalue weighted by molar-refractivity contribution is -0.384. The second-order valence-electron chi connectivity index (χ2n) is 7.03. The summed E-state index contributed by atoms with van der Waals surface area (Å²) in [6, 6.07) is 11.3. The standard InChI is InChI=1S/C22H26FN3O4S/c1-3-12-24-22(28)16(2)25(13-17-4-8-19(23)9-5-17)21(27)15-31-14-18-6-10-20(11-7-18)26(29)30/h4-11,16H,3,12-15H2,1-2H3,(H,24,28)/t16-/m0/s1. The summed E-state index contributed by atoms with van der Waals surface area (Å²) in [4.78, 5) is 37.1. The number of nitro groups is 1. The molecular formula is C22H26FN3O4S. The van der Waals surface area contributed by atoms with Gasteiger partial charge in [0.05, 0.1) is 10.7 Å². The van der Waals surface area contributed by atoms with Crippen molar-refractivity contribution in [2.75, 3.05) is 12.3 Å². The molecule has 31 heavy (non-hydrogen) atoms. The highest BCUT2D eigenvalue weighted by molar-refractivity contribution is 7.99. The Labute approximate surface area is 185 Å². The van der Waals surface area contributed by atoms with Crippen LogP contribution >= 0.6 is 11.8 Å². The number of benzene rings is 2. The number of nitro benzene ring substituents is 1. The van der Waals surface area contributed by atoms with Gasteiger partial charge in [0, 0.05) is 31.0 Å². The summed E-state index contributed by atoms with van der Waals surface area (Å²) in [5.74, 6) is -0.171. The van der Waals surface area contributed by atoms with E-state index in [0.29, 0.717) is 12.3 Å². The monoisotopic (exact) mass is 447 g/mol. The molecule has 0 unspecified atom stereocenters. The van der Waals surface area contributed by atoms with Gasteiger partial charge in [-0.15, -0.1) is 11.8 Å². The van der Waals surface area contributed by atoms with Crippen LogP contribution in [0, 0.1) is 15.9 Å². The lowest BCUT2D eigenvalue weighted by Gasteiger charge is -2.28. The van der Waals surface area contributed by atoms with Crippen molar-refractivity contribution < 1.29 is 18.9 Å². The highest BCUT2D eigenvalue weighted by Crippen LogP contribution is 2.18. The normalized spacial score (nSPS) is 11.6. The average Bonchev–Trinajstić information content (AvgIpc) is 2.76. The van der Waals surface area contributed by atoms with Crippen LogP contribution in [0.25, 0.3) is 0 Å². The number of thioether (sulfide) groups is 1. The Morgan fingerprint density at radius 1 is 1.13 bits per heavy atom. The van der Waals surface area contributed by atoms with E-state index in [1.54, 1.807) is 31.2 Å². The van der Waals surface area contributed by atoms with E-state index < -0.39 is 11.0 Å². The maximum atomic E-state index is 13.2. The van der Waals surface area contributed by atoms with Crippen LogP contribution in [-0.2, 0) is 21.9 Å². The van der Waals surface area contributed by atoms with Crippen molar-refractivity contribution in [1.82, 2.24) is 10.2 Å². The van der Waals surface area contributed by atoms with Crippen molar-refractivity contribution in [1.29, 1.82) is 0 Å². The van der Waals surface area contributed by atoms with Crippen LogP contribution in [0.3, 0.4) is 0 Å². The van der Waals surface area contributed by atoms with Crippen molar-refractivity contribution >= 4 is 29.3 Å². The second-order valence-corrected chi connectivity index (χ2v) is 8.02. The molecule has 2 aromatic carbocycles. The van der Waals surface area contributed by atoms with Crippen molar-refractivity contribution in [3.63, 3.8) is 0 Å². The molecular weight excluding hydrogens is 421 g/mol. The largest absolute Gasteiger partial charge is 0.354 e. The van der Waals surface area contributed by atoms with E-state index in [-0.39, 0.29) is 35.6 Å². The van der Waals surface area contributed by atoms with Gasteiger partial charge in [0.2, 0.25) is 11.8 Å². The van der Waals surface area contributed by atoms with Crippen LogP contribution in [0.2, 0.25) is 0 Å². The molecule has 2 aromatic rings. The first-order valence-electron chi connectivity index (χ1n) is 9.94. The van der Waals surface area contributed by atoms with E-state index in [0.717, 1.165) is 17.5 Å². The van der Waals surface area contributed by atoms with E-state index in [1.165, 1.54) is 40.9 Å². The number of amides is 2. The van der Waals surface area contributed by atoms with Gasteiger partial charge in [-0.05, 0) is 36.6 Å². The maximum absolute atomic E-state index is 13.2. The predicted octanol–water partition coefficient (Wildman–Crippen LogP) is 3.91. The van der Waals surface area contributed by atoms with E-state index in [9.17, 15) is 24.1 Å². The summed E-state index contributed by atoms with van der Waals surface area (Å²) in [5.41, 5.74) is 1.61. The summed E-state index contributed by atoms with van der Waals surface area (Å²) in [7, 11) is 0. The fourth-order valence-electron chi connectivity index (χ4n) is 2.82. The number of rotatable bonds is 11. The molecule has 2 rings (SSSR count). The summed E-state index contributed by atoms with van der Waals surface area (Å²) in [6.45, 7) is 4.34. The van der Waals surface area contributed by atoms with E-state index in [2.05, 4.69) is 5.32 Å². The van der Waals surface area contributed by atoms with Gasteiger partial charge in [0.1, 0.15) is 11.9 Å². The first-order valence-corrected chi connectivity index (χ1v) is 11.1. The van der Waals surface area contributed by atoms with Crippen LogP contribution in [0.1, 0.15) is 31.4 Å². The zero-order valence-electron chi connectivity index (χ0n) is 17.5. The van der Waals surface area contributed by atoms with E-state index >= 15 is 0 Å². The molecule has 0 aliphatic rings. The van der Waals surface area contributed by atoms with Gasteiger partial charge < -0.3 is 10.2 Å². The lowest BCUT2D eigenvalue weighted by Crippen LogP contribution is -2.48. The number of hydrogen-bond donors (Lipinski definition) is 1. The van der Waals surface area contributed by atoms with Gasteiger partial charge in [-0.1, -0.05) is 31.2 Å². The minimum atomic E-state index is -0.677. The molecule has 0 heterocycles. The Bertz CT molecular complexity index is 891. The van der Waals surface area contributed by atoms with Crippen LogP contribution < -0.4 is 5.32 Å². The Morgan fingerprint density at radius 3 is 2.32 bits per heavy atom. The Kier molecular flexibility index (Phi) is 9.45. The number of nitrogens with one attached hydrogen (secondary N) is 1. The highest BCUT2D eigenvalue weighted by Gasteiger charge is 2.25. The first-order chi connectivity index (χ1) is 14.8. The minimum Gasteiger partial charge on any atom is -0.354 e. The van der Waals surface area contributed by atoms with Gasteiger partial charge in [-0.25, -0.2) is 4.39 Å². The summed E-state index contributed by atoms with van der Waals surface area (Å²) >= 11 is 1.36. The molecule has 0 radical (unpaired) electrons. The van der Waals surface area contributed by atoms with Crippen LogP contribution in [0.15, 0.2) is 48.5 Å². The second kappa shape index (κ2) is 12.0. The summed E-state index contributed by atoms with van der Waals surface area (Å²) in [5, 5.41) is 13.5. The molecule has 0 saturated carbocycles. The smallest absolute Gasteiger partial charge is 0.269 e. The maximum Gasteiger partial charge on any atom is 0.269 e. The molecule has 0 bridgehead atoms. The quantitative estimate of drug-likeness (QED) is 0.416. The molecule has 0 aliphatic heterocycles. The van der Waals surface area contributed by atoms with Crippen LogP contribution in [-0.4, -0.2) is 40.0 Å². The number of carbonyl (C=O) groups excluding carboxylic acids is 2. The summed E-state index contributed by atoms with van der Waals surface area (Å²) in [6.07, 6.45) is 0.787. The first kappa shape index (κ1) is 24.3. The number of hydrogen-bond acceptors (Lipinski definition) is 5. The molecule has 1 atom stereocenters. The molecule has 0 fully saturated rings. The molecule has 0 aliphatic carbocycles. The van der Waals surface area contributed by atoms with Crippen LogP contribution in [0.5, 0.6) is 0 Å². The van der Waals surface area contributed by atoms with Gasteiger partial charge in [-0.2, -0.15) is 0 Å². The van der Waals surface area contributed by atoms with Gasteiger partial charge in [-0.3, -0.25) is 19.7 Å². The van der Waals surface area contributed by atoms with Crippen molar-refractivity contribution in [3.05, 3.63) is 75.6 Å². The zero-order valence-corrected chi connectivity index (χ0v) is 18.4. The average molecular weight is 448 g/mol. The Balaban J connectivity index is 2.02. The SMILES string of the molecule is CCCNC(=O)[C@H](C)N(Cc1ccc(F)cc1)C(=O)CSCc1ccc([N+](=O)[O-])cc1. The molecule has 9 heteroatoms. The van der Waals surface area contributed by atoms with E-state index in [1.807, 2.05) is 6.92 Å². The van der Waals surface area contributed by atoms with Gasteiger partial charge in [0.15, 0.2) is 0 Å². The summed E-state index contributed by atoms with van der Waals surface area (Å²) < 4.78 is 13.2. The fourth-order valence-corrected chi connectivity index (χ4v) is 3.69. The molecule has 0 aromatic heterocycles. The molecule has 1 N–H and O–H groups in total. The minimum absolute atomic E-state index is 0.0159. The van der Waals surface area contributed by atoms with E-state index in [4.69, 9.17) is 0 Å². The van der Waals surface area contributed by atoms with Crippen LogP contribution in [0.4, 0.5) is 10.1 Å². The predicted molar refractivity (Wildman–Crippen MR) is 119 cm³/mol. The third-order valence-corrected chi connectivity index (χ3v) is 5.61. The molecule has 7 nitrogen and oxygen atoms in total. The topological polar surface area (TPSA) is 92.6 Å². The van der Waals surface area contributed by atoms with Crippen molar-refractivity contribution in [2.24, 2.45) is 0 Å². The number of non-ortho nitro benzene ring substituents is 1. The third-order valence-electron chi connectivity index (χ3n) is 4.62. The highest BCUT2D eigenvalue weighted by atomic mass is 32.2. The number of halogens is 1. The van der Waals surface area contributed by atoms with Crippen molar-refractivity contribution in [2.45, 2.75) is 38.6 Å². The number of nitrogens with zero attached hydrogens (tertiary/aromatic N) is 2. The molecule has 0 spiro atoms. The van der Waals surface area contributed by atoms with Gasteiger partial charge >= 0.3 is 0 Å². The lowest BCUT2D eigenvalue weighted by atomic mass is 10.1. The zero-order chi connectivity index (χ0) is 22.8. The Hall–Kier alpha value is -2.94. The Morgan fingerprint density at radius 2 is 1.74 bits per heavy atom. The third kappa shape index (κ3) is 7.67. The van der Waals surface area contributed by atoms with Crippen molar-refractivity contribution in [3.8, 4) is 0 Å². The molecule has 2 amide bonds.